The first-order valence-electron chi connectivity index (χ1n) is 4.56. The molecule has 13 heavy (non-hydrogen) atoms. The second-order valence-corrected chi connectivity index (χ2v) is 4.09. The van der Waals surface area contributed by atoms with E-state index in [0.29, 0.717) is 6.04 Å². The molecule has 1 saturated heterocycles. The quantitative estimate of drug-likeness (QED) is 0.781. The van der Waals surface area contributed by atoms with Gasteiger partial charge in [-0.25, -0.2) is 0 Å². The van der Waals surface area contributed by atoms with Crippen LogP contribution >= 0.6 is 15.9 Å². The molecule has 1 heterocycles. The molecule has 0 saturated carbocycles. The molecule has 0 aromatic heterocycles. The summed E-state index contributed by atoms with van der Waals surface area (Å²) < 4.78 is 1.19. The van der Waals surface area contributed by atoms with Gasteiger partial charge >= 0.3 is 0 Å². The lowest BCUT2D eigenvalue weighted by Crippen LogP contribution is -2.42. The molecule has 1 fully saturated rings. The standard InChI is InChI=1S/C10H13BrN2/c11-9-4-2-1-3-8(9)10-7-12-5-6-13-10/h1-4,10,12-13H,5-7H2/t10-/m1/s1. The van der Waals surface area contributed by atoms with E-state index in [1.165, 1.54) is 10.0 Å². The van der Waals surface area contributed by atoms with E-state index in [-0.39, 0.29) is 0 Å². The molecular formula is C10H13BrN2. The second kappa shape index (κ2) is 4.22. The fraction of sp³-hybridized carbons (Fsp3) is 0.400. The van der Waals surface area contributed by atoms with Gasteiger partial charge in [0.15, 0.2) is 0 Å². The van der Waals surface area contributed by atoms with Gasteiger partial charge in [-0.1, -0.05) is 34.1 Å². The maximum atomic E-state index is 3.56. The molecule has 1 aliphatic heterocycles. The summed E-state index contributed by atoms with van der Waals surface area (Å²) in [5.41, 5.74) is 1.34. The summed E-state index contributed by atoms with van der Waals surface area (Å²) >= 11 is 3.56. The summed E-state index contributed by atoms with van der Waals surface area (Å²) in [7, 11) is 0. The van der Waals surface area contributed by atoms with E-state index in [9.17, 15) is 0 Å². The lowest BCUT2D eigenvalue weighted by molar-refractivity contribution is 0.429. The minimum Gasteiger partial charge on any atom is -0.314 e. The highest BCUT2D eigenvalue weighted by molar-refractivity contribution is 9.10. The van der Waals surface area contributed by atoms with Crippen LogP contribution in [0.1, 0.15) is 11.6 Å². The number of hydrogen-bond donors (Lipinski definition) is 2. The van der Waals surface area contributed by atoms with Crippen molar-refractivity contribution in [1.29, 1.82) is 0 Å². The van der Waals surface area contributed by atoms with Crippen molar-refractivity contribution in [3.05, 3.63) is 34.3 Å². The first-order valence-corrected chi connectivity index (χ1v) is 5.36. The van der Waals surface area contributed by atoms with Crippen LogP contribution in [0.15, 0.2) is 28.7 Å². The highest BCUT2D eigenvalue weighted by Crippen LogP contribution is 2.23. The van der Waals surface area contributed by atoms with Gasteiger partial charge in [-0.05, 0) is 11.6 Å². The number of nitrogens with one attached hydrogen (secondary N) is 2. The average molecular weight is 241 g/mol. The molecule has 70 valence electrons. The molecule has 3 heteroatoms. The van der Waals surface area contributed by atoms with E-state index in [0.717, 1.165) is 19.6 Å². The molecule has 0 spiro atoms. The summed E-state index contributed by atoms with van der Waals surface area (Å²) in [6.45, 7) is 3.13. The summed E-state index contributed by atoms with van der Waals surface area (Å²) in [5.74, 6) is 0. The highest BCUT2D eigenvalue weighted by atomic mass is 79.9. The van der Waals surface area contributed by atoms with Crippen LogP contribution in [0.25, 0.3) is 0 Å². The van der Waals surface area contributed by atoms with Crippen LogP contribution in [0.2, 0.25) is 0 Å². The fourth-order valence-electron chi connectivity index (χ4n) is 1.63. The molecule has 1 aliphatic rings. The van der Waals surface area contributed by atoms with Gasteiger partial charge < -0.3 is 10.6 Å². The molecule has 1 atom stereocenters. The number of piperazine rings is 1. The van der Waals surface area contributed by atoms with Crippen molar-refractivity contribution in [2.24, 2.45) is 0 Å². The van der Waals surface area contributed by atoms with Crippen LogP contribution in [0.4, 0.5) is 0 Å². The molecule has 0 aliphatic carbocycles. The molecule has 0 bridgehead atoms. The van der Waals surface area contributed by atoms with Crippen LogP contribution in [0.5, 0.6) is 0 Å². The highest BCUT2D eigenvalue weighted by Gasteiger charge is 2.15. The SMILES string of the molecule is Brc1ccccc1[C@H]1CNCCN1. The Morgan fingerprint density at radius 3 is 2.77 bits per heavy atom. The summed E-state index contributed by atoms with van der Waals surface area (Å²) in [6, 6.07) is 8.82. The molecular weight excluding hydrogens is 228 g/mol. The van der Waals surface area contributed by atoms with Crippen LogP contribution in [-0.2, 0) is 0 Å². The minimum atomic E-state index is 0.448. The normalized spacial score (nSPS) is 23.0. The van der Waals surface area contributed by atoms with E-state index in [1.54, 1.807) is 0 Å². The van der Waals surface area contributed by atoms with Crippen LogP contribution in [0, 0.1) is 0 Å². The second-order valence-electron chi connectivity index (χ2n) is 3.23. The number of halogens is 1. The number of rotatable bonds is 1. The Morgan fingerprint density at radius 2 is 2.08 bits per heavy atom. The maximum Gasteiger partial charge on any atom is 0.0458 e. The van der Waals surface area contributed by atoms with E-state index in [2.05, 4.69) is 44.8 Å². The minimum absolute atomic E-state index is 0.448. The molecule has 2 N–H and O–H groups in total. The van der Waals surface area contributed by atoms with Crippen molar-refractivity contribution in [1.82, 2.24) is 10.6 Å². The molecule has 0 radical (unpaired) electrons. The summed E-state index contributed by atoms with van der Waals surface area (Å²) in [5, 5.41) is 6.86. The largest absolute Gasteiger partial charge is 0.314 e. The average Bonchev–Trinajstić information content (AvgIpc) is 2.20. The first kappa shape index (κ1) is 9.19. The zero-order valence-electron chi connectivity index (χ0n) is 7.39. The van der Waals surface area contributed by atoms with Crippen molar-refractivity contribution < 1.29 is 0 Å². The lowest BCUT2D eigenvalue weighted by Gasteiger charge is -2.25. The number of benzene rings is 1. The first-order chi connectivity index (χ1) is 6.38. The van der Waals surface area contributed by atoms with E-state index in [1.807, 2.05) is 6.07 Å². The third kappa shape index (κ3) is 2.10. The smallest absolute Gasteiger partial charge is 0.0458 e. The van der Waals surface area contributed by atoms with Gasteiger partial charge in [-0.2, -0.15) is 0 Å². The van der Waals surface area contributed by atoms with Gasteiger partial charge in [0, 0.05) is 30.1 Å². The van der Waals surface area contributed by atoms with Crippen molar-refractivity contribution in [3.8, 4) is 0 Å². The van der Waals surface area contributed by atoms with Crippen LogP contribution in [-0.4, -0.2) is 19.6 Å². The van der Waals surface area contributed by atoms with E-state index >= 15 is 0 Å². The Balaban J connectivity index is 2.18. The Morgan fingerprint density at radius 1 is 1.23 bits per heavy atom. The topological polar surface area (TPSA) is 24.1 Å². The molecule has 0 unspecified atom stereocenters. The van der Waals surface area contributed by atoms with Gasteiger partial charge in [-0.15, -0.1) is 0 Å². The Kier molecular flexibility index (Phi) is 2.98. The van der Waals surface area contributed by atoms with Gasteiger partial charge in [0.2, 0.25) is 0 Å². The Bertz CT molecular complexity index is 282. The Labute approximate surface area is 86.9 Å². The van der Waals surface area contributed by atoms with E-state index in [4.69, 9.17) is 0 Å². The van der Waals surface area contributed by atoms with Gasteiger partial charge in [-0.3, -0.25) is 0 Å². The molecule has 2 rings (SSSR count). The van der Waals surface area contributed by atoms with E-state index < -0.39 is 0 Å². The summed E-state index contributed by atoms with van der Waals surface area (Å²) in [6.07, 6.45) is 0. The fourth-order valence-corrected chi connectivity index (χ4v) is 2.19. The lowest BCUT2D eigenvalue weighted by atomic mass is 10.1. The molecule has 0 amide bonds. The predicted molar refractivity (Wildman–Crippen MR) is 57.8 cm³/mol. The van der Waals surface area contributed by atoms with Gasteiger partial charge in [0.25, 0.3) is 0 Å². The van der Waals surface area contributed by atoms with Crippen LogP contribution < -0.4 is 10.6 Å². The molecule has 2 nitrogen and oxygen atoms in total. The zero-order valence-corrected chi connectivity index (χ0v) is 8.97. The van der Waals surface area contributed by atoms with Crippen molar-refractivity contribution in [3.63, 3.8) is 0 Å². The summed E-state index contributed by atoms with van der Waals surface area (Å²) in [4.78, 5) is 0. The monoisotopic (exact) mass is 240 g/mol. The van der Waals surface area contributed by atoms with Crippen molar-refractivity contribution >= 4 is 15.9 Å². The van der Waals surface area contributed by atoms with Crippen molar-refractivity contribution in [2.45, 2.75) is 6.04 Å². The number of hydrogen-bond acceptors (Lipinski definition) is 2. The van der Waals surface area contributed by atoms with Gasteiger partial charge in [0.05, 0.1) is 0 Å². The third-order valence-electron chi connectivity index (χ3n) is 2.32. The Hall–Kier alpha value is -0.380. The third-order valence-corrected chi connectivity index (χ3v) is 3.04. The van der Waals surface area contributed by atoms with Crippen molar-refractivity contribution in [2.75, 3.05) is 19.6 Å². The van der Waals surface area contributed by atoms with Gasteiger partial charge in [0.1, 0.15) is 0 Å². The maximum absolute atomic E-state index is 3.56. The molecule has 1 aromatic rings. The predicted octanol–water partition coefficient (Wildman–Crippen LogP) is 1.68. The molecule has 1 aromatic carbocycles. The van der Waals surface area contributed by atoms with Crippen LogP contribution in [0.3, 0.4) is 0 Å². The zero-order chi connectivity index (χ0) is 9.10.